The Hall–Kier alpha value is -0.760. The third-order valence-electron chi connectivity index (χ3n) is 3.52. The Labute approximate surface area is 140 Å². The predicted octanol–water partition coefficient (Wildman–Crippen LogP) is 3.36. The summed E-state index contributed by atoms with van der Waals surface area (Å²) in [7, 11) is 0. The molecule has 0 aliphatic carbocycles. The molecule has 3 heterocycles. The largest absolute Gasteiger partial charge is 0.351 e. The fourth-order valence-electron chi connectivity index (χ4n) is 2.36. The Morgan fingerprint density at radius 3 is 3.10 bits per heavy atom. The average molecular weight is 386 g/mol. The quantitative estimate of drug-likeness (QED) is 0.829. The third-order valence-corrected chi connectivity index (χ3v) is 6.22. The fraction of sp³-hybridized carbons (Fsp3) is 0.429. The molecule has 0 spiro atoms. The number of nitrogens with zero attached hydrogens (tertiary/aromatic N) is 1. The molecule has 0 aromatic carbocycles. The van der Waals surface area contributed by atoms with Crippen molar-refractivity contribution in [2.75, 3.05) is 19.6 Å². The average Bonchev–Trinajstić information content (AvgIpc) is 3.19. The van der Waals surface area contributed by atoms with E-state index in [1.807, 2.05) is 16.8 Å². The van der Waals surface area contributed by atoms with Gasteiger partial charge in [0.15, 0.2) is 0 Å². The first-order valence-electron chi connectivity index (χ1n) is 6.91. The molecule has 1 saturated heterocycles. The van der Waals surface area contributed by atoms with Crippen LogP contribution < -0.4 is 10.6 Å². The lowest BCUT2D eigenvalue weighted by Crippen LogP contribution is -2.26. The molecule has 0 bridgehead atoms. The first-order valence-corrected chi connectivity index (χ1v) is 9.46. The van der Waals surface area contributed by atoms with E-state index >= 15 is 0 Å². The summed E-state index contributed by atoms with van der Waals surface area (Å²) in [4.78, 5) is 17.6. The van der Waals surface area contributed by atoms with Crippen molar-refractivity contribution in [2.24, 2.45) is 5.92 Å². The summed E-state index contributed by atoms with van der Waals surface area (Å²) in [5.74, 6) is 0.624. The van der Waals surface area contributed by atoms with E-state index in [-0.39, 0.29) is 5.91 Å². The molecule has 2 aromatic heterocycles. The number of rotatable bonds is 5. The molecule has 7 heteroatoms. The van der Waals surface area contributed by atoms with Gasteiger partial charge in [0.2, 0.25) is 0 Å². The number of carbonyl (C=O) groups is 1. The number of hydrogen-bond acceptors (Lipinski definition) is 5. The van der Waals surface area contributed by atoms with E-state index in [0.717, 1.165) is 40.4 Å². The molecule has 2 aromatic rings. The molecule has 1 fully saturated rings. The van der Waals surface area contributed by atoms with Gasteiger partial charge in [-0.15, -0.1) is 22.7 Å². The molecule has 3 rings (SSSR count). The third kappa shape index (κ3) is 3.91. The topological polar surface area (TPSA) is 54.0 Å². The SMILES string of the molecule is O=C(NCCC1CCNC1)c1csc(-c2cc(Br)cs2)n1. The predicted molar refractivity (Wildman–Crippen MR) is 91.1 cm³/mol. The second kappa shape index (κ2) is 7.00. The highest BCUT2D eigenvalue weighted by Gasteiger charge is 2.16. The zero-order chi connectivity index (χ0) is 14.7. The number of aromatic nitrogens is 1. The number of nitrogens with one attached hydrogen (secondary N) is 2. The summed E-state index contributed by atoms with van der Waals surface area (Å²) in [6.45, 7) is 2.90. The molecule has 1 unspecified atom stereocenters. The Morgan fingerprint density at radius 1 is 1.48 bits per heavy atom. The molecule has 0 radical (unpaired) electrons. The minimum Gasteiger partial charge on any atom is -0.351 e. The van der Waals surface area contributed by atoms with Gasteiger partial charge >= 0.3 is 0 Å². The van der Waals surface area contributed by atoms with Gasteiger partial charge in [0.25, 0.3) is 5.91 Å². The van der Waals surface area contributed by atoms with Crippen LogP contribution in [0.4, 0.5) is 0 Å². The standard InChI is InChI=1S/C14H16BrN3OS2/c15-10-5-12(20-7-10)14-18-11(8-21-14)13(19)17-4-2-9-1-3-16-6-9/h5,7-9,16H,1-4,6H2,(H,17,19). The number of thiazole rings is 1. The second-order valence-corrected chi connectivity index (χ2v) is 7.76. The highest BCUT2D eigenvalue weighted by Crippen LogP contribution is 2.31. The van der Waals surface area contributed by atoms with Crippen molar-refractivity contribution >= 4 is 44.5 Å². The molecule has 2 N–H and O–H groups in total. The summed E-state index contributed by atoms with van der Waals surface area (Å²) in [5, 5.41) is 11.1. The van der Waals surface area contributed by atoms with Gasteiger partial charge in [-0.25, -0.2) is 4.98 Å². The Bertz CT molecular complexity index is 619. The van der Waals surface area contributed by atoms with Crippen LogP contribution in [0, 0.1) is 5.92 Å². The molecule has 1 atom stereocenters. The minimum absolute atomic E-state index is 0.0703. The molecule has 1 amide bonds. The Balaban J connectivity index is 1.54. The van der Waals surface area contributed by atoms with E-state index in [1.54, 1.807) is 11.3 Å². The van der Waals surface area contributed by atoms with Crippen LogP contribution in [-0.2, 0) is 0 Å². The van der Waals surface area contributed by atoms with Crippen molar-refractivity contribution in [3.63, 3.8) is 0 Å². The Kier molecular flexibility index (Phi) is 5.05. The van der Waals surface area contributed by atoms with Crippen LogP contribution in [0.3, 0.4) is 0 Å². The summed E-state index contributed by atoms with van der Waals surface area (Å²) in [6.07, 6.45) is 2.25. The zero-order valence-electron chi connectivity index (χ0n) is 11.4. The van der Waals surface area contributed by atoms with Crippen LogP contribution in [0.5, 0.6) is 0 Å². The number of amides is 1. The van der Waals surface area contributed by atoms with Crippen LogP contribution in [0.1, 0.15) is 23.3 Å². The summed E-state index contributed by atoms with van der Waals surface area (Å²) in [6, 6.07) is 2.03. The Morgan fingerprint density at radius 2 is 2.38 bits per heavy atom. The van der Waals surface area contributed by atoms with Gasteiger partial charge in [-0.1, -0.05) is 0 Å². The highest BCUT2D eigenvalue weighted by atomic mass is 79.9. The van der Waals surface area contributed by atoms with Crippen LogP contribution >= 0.6 is 38.6 Å². The maximum absolute atomic E-state index is 12.1. The summed E-state index contributed by atoms with van der Waals surface area (Å²) >= 11 is 6.57. The van der Waals surface area contributed by atoms with Crippen molar-refractivity contribution in [1.29, 1.82) is 0 Å². The molecular formula is C14H16BrN3OS2. The first-order chi connectivity index (χ1) is 10.2. The lowest BCUT2D eigenvalue weighted by atomic mass is 10.1. The normalized spacial score (nSPS) is 18.0. The van der Waals surface area contributed by atoms with Gasteiger partial charge in [0, 0.05) is 21.8 Å². The van der Waals surface area contributed by atoms with Crippen molar-refractivity contribution in [3.05, 3.63) is 27.0 Å². The van der Waals surface area contributed by atoms with Crippen LogP contribution in [0.25, 0.3) is 9.88 Å². The molecule has 0 saturated carbocycles. The summed E-state index contributed by atoms with van der Waals surface area (Å²) < 4.78 is 1.05. The maximum Gasteiger partial charge on any atom is 0.270 e. The van der Waals surface area contributed by atoms with E-state index in [1.165, 1.54) is 17.8 Å². The lowest BCUT2D eigenvalue weighted by Gasteiger charge is -2.08. The van der Waals surface area contributed by atoms with Gasteiger partial charge in [-0.2, -0.15) is 0 Å². The van der Waals surface area contributed by atoms with Crippen LogP contribution in [0.2, 0.25) is 0 Å². The maximum atomic E-state index is 12.1. The zero-order valence-corrected chi connectivity index (χ0v) is 14.6. The molecule has 1 aliphatic rings. The lowest BCUT2D eigenvalue weighted by molar-refractivity contribution is 0.0947. The number of thiophene rings is 1. The van der Waals surface area contributed by atoms with E-state index in [0.29, 0.717) is 11.6 Å². The number of hydrogen-bond donors (Lipinski definition) is 2. The van der Waals surface area contributed by atoms with Crippen molar-refractivity contribution < 1.29 is 4.79 Å². The van der Waals surface area contributed by atoms with E-state index in [9.17, 15) is 4.79 Å². The van der Waals surface area contributed by atoms with E-state index < -0.39 is 0 Å². The number of carbonyl (C=O) groups excluding carboxylic acids is 1. The monoisotopic (exact) mass is 385 g/mol. The van der Waals surface area contributed by atoms with Crippen molar-refractivity contribution in [2.45, 2.75) is 12.8 Å². The van der Waals surface area contributed by atoms with Crippen LogP contribution in [-0.4, -0.2) is 30.5 Å². The molecule has 4 nitrogen and oxygen atoms in total. The molecule has 1 aliphatic heterocycles. The minimum atomic E-state index is -0.0703. The van der Waals surface area contributed by atoms with Gasteiger partial charge in [-0.3, -0.25) is 4.79 Å². The van der Waals surface area contributed by atoms with Crippen molar-refractivity contribution in [1.82, 2.24) is 15.6 Å². The van der Waals surface area contributed by atoms with Gasteiger partial charge in [-0.05, 0) is 53.8 Å². The highest BCUT2D eigenvalue weighted by molar-refractivity contribution is 9.10. The van der Waals surface area contributed by atoms with Crippen LogP contribution in [0.15, 0.2) is 21.3 Å². The molecule has 112 valence electrons. The molecular weight excluding hydrogens is 370 g/mol. The van der Waals surface area contributed by atoms with Gasteiger partial charge in [0.05, 0.1) is 4.88 Å². The number of halogens is 1. The van der Waals surface area contributed by atoms with Gasteiger partial charge < -0.3 is 10.6 Å². The second-order valence-electron chi connectivity index (χ2n) is 5.07. The van der Waals surface area contributed by atoms with E-state index in [4.69, 9.17) is 0 Å². The summed E-state index contributed by atoms with van der Waals surface area (Å²) in [5.41, 5.74) is 0.518. The van der Waals surface area contributed by atoms with Gasteiger partial charge in [0.1, 0.15) is 10.7 Å². The fourth-order valence-corrected chi connectivity index (χ4v) is 4.67. The first kappa shape index (κ1) is 15.1. The molecule has 21 heavy (non-hydrogen) atoms. The smallest absolute Gasteiger partial charge is 0.270 e. The van der Waals surface area contributed by atoms with Crippen molar-refractivity contribution in [3.8, 4) is 9.88 Å². The van der Waals surface area contributed by atoms with E-state index in [2.05, 4.69) is 31.5 Å².